The Bertz CT molecular complexity index is 1160. The smallest absolute Gasteiger partial charge is 0.257 e. The van der Waals surface area contributed by atoms with Gasteiger partial charge < -0.3 is 9.64 Å². The molecule has 1 amide bonds. The SMILES string of the molecule is O=C(c1ccccc1Oc1ccccc1)N1CCC(S(=O)(=O)c2ccc(F)cc2)CC1. The Morgan fingerprint density at radius 3 is 2.16 bits per heavy atom. The number of amides is 1. The zero-order chi connectivity index (χ0) is 21.8. The van der Waals surface area contributed by atoms with Crippen LogP contribution >= 0.6 is 0 Å². The van der Waals surface area contributed by atoms with Crippen LogP contribution in [0.2, 0.25) is 0 Å². The summed E-state index contributed by atoms with van der Waals surface area (Å²) in [4.78, 5) is 14.9. The molecule has 0 aromatic heterocycles. The predicted octanol–water partition coefficient (Wildman–Crippen LogP) is 4.70. The first-order valence-corrected chi connectivity index (χ1v) is 11.6. The van der Waals surface area contributed by atoms with E-state index in [9.17, 15) is 17.6 Å². The fraction of sp³-hybridized carbons (Fsp3) is 0.208. The number of sulfone groups is 1. The molecule has 3 aromatic rings. The molecule has 5 nitrogen and oxygen atoms in total. The predicted molar refractivity (Wildman–Crippen MR) is 115 cm³/mol. The molecule has 0 spiro atoms. The number of hydrogen-bond acceptors (Lipinski definition) is 4. The van der Waals surface area contributed by atoms with E-state index >= 15 is 0 Å². The van der Waals surface area contributed by atoms with E-state index in [1.165, 1.54) is 12.1 Å². The molecule has 0 atom stereocenters. The third kappa shape index (κ3) is 4.61. The van der Waals surface area contributed by atoms with Crippen molar-refractivity contribution in [3.8, 4) is 11.5 Å². The summed E-state index contributed by atoms with van der Waals surface area (Å²) in [5.41, 5.74) is 0.436. The van der Waals surface area contributed by atoms with Gasteiger partial charge in [0.25, 0.3) is 5.91 Å². The summed E-state index contributed by atoms with van der Waals surface area (Å²) in [5.74, 6) is 0.423. The largest absolute Gasteiger partial charge is 0.457 e. The van der Waals surface area contributed by atoms with Gasteiger partial charge in [0.1, 0.15) is 17.3 Å². The molecule has 31 heavy (non-hydrogen) atoms. The summed E-state index contributed by atoms with van der Waals surface area (Å²) < 4.78 is 44.7. The van der Waals surface area contributed by atoms with E-state index in [0.717, 1.165) is 12.1 Å². The number of para-hydroxylation sites is 2. The summed E-state index contributed by atoms with van der Waals surface area (Å²) >= 11 is 0. The first-order chi connectivity index (χ1) is 14.9. The Hall–Kier alpha value is -3.19. The molecule has 1 saturated heterocycles. The molecule has 0 radical (unpaired) electrons. The van der Waals surface area contributed by atoms with Gasteiger partial charge in [-0.1, -0.05) is 30.3 Å². The normalized spacial score (nSPS) is 14.9. The van der Waals surface area contributed by atoms with Crippen LogP contribution in [-0.2, 0) is 9.84 Å². The first kappa shape index (κ1) is 21.1. The van der Waals surface area contributed by atoms with E-state index in [1.807, 2.05) is 30.3 Å². The highest BCUT2D eigenvalue weighted by molar-refractivity contribution is 7.92. The average Bonchev–Trinajstić information content (AvgIpc) is 2.80. The minimum Gasteiger partial charge on any atom is -0.457 e. The van der Waals surface area contributed by atoms with Crippen LogP contribution in [0.1, 0.15) is 23.2 Å². The third-order valence-corrected chi connectivity index (χ3v) is 7.68. The van der Waals surface area contributed by atoms with E-state index in [2.05, 4.69) is 0 Å². The Labute approximate surface area is 181 Å². The molecule has 1 fully saturated rings. The minimum atomic E-state index is -3.57. The van der Waals surface area contributed by atoms with Gasteiger partial charge in [-0.3, -0.25) is 4.79 Å². The van der Waals surface area contributed by atoms with Crippen LogP contribution in [0.25, 0.3) is 0 Å². The number of likely N-dealkylation sites (tertiary alicyclic amines) is 1. The van der Waals surface area contributed by atoms with Gasteiger partial charge in [-0.05, 0) is 61.4 Å². The molecule has 3 aromatic carbocycles. The number of piperidine rings is 1. The van der Waals surface area contributed by atoms with Crippen LogP contribution in [0.4, 0.5) is 4.39 Å². The molecule has 1 aliphatic heterocycles. The number of nitrogens with zero attached hydrogens (tertiary/aromatic N) is 1. The second-order valence-electron chi connectivity index (χ2n) is 7.40. The Kier molecular flexibility index (Phi) is 6.04. The van der Waals surface area contributed by atoms with Crippen molar-refractivity contribution in [3.63, 3.8) is 0 Å². The number of hydrogen-bond donors (Lipinski definition) is 0. The molecule has 4 rings (SSSR count). The fourth-order valence-electron chi connectivity index (χ4n) is 3.70. The lowest BCUT2D eigenvalue weighted by molar-refractivity contribution is 0.0723. The Balaban J connectivity index is 1.46. The number of halogens is 1. The van der Waals surface area contributed by atoms with E-state index in [-0.39, 0.29) is 10.8 Å². The molecule has 0 bridgehead atoms. The summed E-state index contributed by atoms with van der Waals surface area (Å²) in [6.45, 7) is 0.646. The van der Waals surface area contributed by atoms with Crippen molar-refractivity contribution in [1.29, 1.82) is 0 Å². The van der Waals surface area contributed by atoms with Gasteiger partial charge in [0.2, 0.25) is 0 Å². The maximum Gasteiger partial charge on any atom is 0.257 e. The molecular weight excluding hydrogens is 417 g/mol. The average molecular weight is 440 g/mol. The monoisotopic (exact) mass is 439 g/mol. The fourth-order valence-corrected chi connectivity index (χ4v) is 5.44. The van der Waals surface area contributed by atoms with Gasteiger partial charge in [-0.25, -0.2) is 12.8 Å². The molecule has 0 unspecified atom stereocenters. The first-order valence-electron chi connectivity index (χ1n) is 10.1. The maximum atomic E-state index is 13.1. The number of ether oxygens (including phenoxy) is 1. The lowest BCUT2D eigenvalue weighted by Crippen LogP contribution is -2.42. The summed E-state index contributed by atoms with van der Waals surface area (Å²) in [7, 11) is -3.57. The molecule has 0 aliphatic carbocycles. The highest BCUT2D eigenvalue weighted by Gasteiger charge is 2.33. The quantitative estimate of drug-likeness (QED) is 0.541. The number of benzene rings is 3. The van der Waals surface area contributed by atoms with Crippen molar-refractivity contribution in [1.82, 2.24) is 4.90 Å². The summed E-state index contributed by atoms with van der Waals surface area (Å²) in [6.07, 6.45) is 0.653. The lowest BCUT2D eigenvalue weighted by atomic mass is 10.1. The molecule has 0 N–H and O–H groups in total. The van der Waals surface area contributed by atoms with Crippen molar-refractivity contribution in [2.24, 2.45) is 0 Å². The van der Waals surface area contributed by atoms with Crippen molar-refractivity contribution in [2.45, 2.75) is 23.0 Å². The standard InChI is InChI=1S/C24H22FNO4S/c25-18-10-12-20(13-11-18)31(28,29)21-14-16-26(17-15-21)24(27)22-8-4-5-9-23(22)30-19-6-2-1-3-7-19/h1-13,21H,14-17H2. The molecule has 160 valence electrons. The van der Waals surface area contributed by atoms with Crippen LogP contribution in [0.3, 0.4) is 0 Å². The van der Waals surface area contributed by atoms with E-state index in [4.69, 9.17) is 4.74 Å². The highest BCUT2D eigenvalue weighted by atomic mass is 32.2. The second-order valence-corrected chi connectivity index (χ2v) is 9.63. The number of rotatable bonds is 5. The summed E-state index contributed by atoms with van der Waals surface area (Å²) in [6, 6.07) is 21.1. The van der Waals surface area contributed by atoms with Gasteiger partial charge in [-0.15, -0.1) is 0 Å². The molecule has 1 heterocycles. The Morgan fingerprint density at radius 2 is 1.48 bits per heavy atom. The van der Waals surface area contributed by atoms with E-state index in [0.29, 0.717) is 43.0 Å². The third-order valence-electron chi connectivity index (χ3n) is 5.40. The number of carbonyl (C=O) groups is 1. The molecular formula is C24H22FNO4S. The van der Waals surface area contributed by atoms with Gasteiger partial charge in [0, 0.05) is 13.1 Å². The van der Waals surface area contributed by atoms with Crippen LogP contribution in [-0.4, -0.2) is 37.6 Å². The highest BCUT2D eigenvalue weighted by Crippen LogP contribution is 2.29. The van der Waals surface area contributed by atoms with Gasteiger partial charge in [-0.2, -0.15) is 0 Å². The zero-order valence-corrected chi connectivity index (χ0v) is 17.6. The molecule has 1 aliphatic rings. The zero-order valence-electron chi connectivity index (χ0n) is 16.8. The van der Waals surface area contributed by atoms with Gasteiger partial charge >= 0.3 is 0 Å². The topological polar surface area (TPSA) is 63.7 Å². The second kappa shape index (κ2) is 8.89. The Morgan fingerprint density at radius 1 is 0.871 bits per heavy atom. The van der Waals surface area contributed by atoms with E-state index in [1.54, 1.807) is 29.2 Å². The summed E-state index contributed by atoms with van der Waals surface area (Å²) in [5, 5.41) is -0.599. The van der Waals surface area contributed by atoms with Crippen LogP contribution < -0.4 is 4.74 Å². The van der Waals surface area contributed by atoms with Crippen molar-refractivity contribution in [3.05, 3.63) is 90.2 Å². The van der Waals surface area contributed by atoms with Gasteiger partial charge in [0.05, 0.1) is 15.7 Å². The molecule has 7 heteroatoms. The van der Waals surface area contributed by atoms with Crippen molar-refractivity contribution in [2.75, 3.05) is 13.1 Å². The van der Waals surface area contributed by atoms with Gasteiger partial charge in [0.15, 0.2) is 9.84 Å². The number of carbonyl (C=O) groups excluding carboxylic acids is 1. The van der Waals surface area contributed by atoms with Crippen LogP contribution in [0, 0.1) is 5.82 Å². The lowest BCUT2D eigenvalue weighted by Gasteiger charge is -2.32. The maximum absolute atomic E-state index is 13.1. The van der Waals surface area contributed by atoms with Crippen molar-refractivity contribution < 1.29 is 22.3 Å². The minimum absolute atomic E-state index is 0.111. The van der Waals surface area contributed by atoms with Crippen LogP contribution in [0.15, 0.2) is 83.8 Å². The molecule has 0 saturated carbocycles. The van der Waals surface area contributed by atoms with Crippen LogP contribution in [0.5, 0.6) is 11.5 Å². The van der Waals surface area contributed by atoms with Crippen molar-refractivity contribution >= 4 is 15.7 Å². The van der Waals surface area contributed by atoms with E-state index < -0.39 is 20.9 Å².